The predicted octanol–water partition coefficient (Wildman–Crippen LogP) is 2.83. The first-order valence-corrected chi connectivity index (χ1v) is 7.73. The van der Waals surface area contributed by atoms with E-state index in [0.29, 0.717) is 0 Å². The molecule has 1 aromatic heterocycles. The molecule has 0 saturated carbocycles. The Morgan fingerprint density at radius 1 is 1.37 bits per heavy atom. The molecule has 4 nitrogen and oxygen atoms in total. The lowest BCUT2D eigenvalue weighted by molar-refractivity contribution is 0.208. The van der Waals surface area contributed by atoms with Crippen LogP contribution in [-0.4, -0.2) is 41.1 Å². The SMILES string of the molecule is CCCCNc1nccn1CCC1CCN(C)CC1. The molecular formula is C15H28N4. The van der Waals surface area contributed by atoms with E-state index in [1.54, 1.807) is 0 Å². The molecule has 4 heteroatoms. The predicted molar refractivity (Wildman–Crippen MR) is 80.5 cm³/mol. The van der Waals surface area contributed by atoms with E-state index in [0.717, 1.165) is 25.0 Å². The largest absolute Gasteiger partial charge is 0.356 e. The lowest BCUT2D eigenvalue weighted by Gasteiger charge is -2.29. The standard InChI is InChI=1S/C15H28N4/c1-3-4-8-16-15-17-9-13-19(15)12-7-14-5-10-18(2)11-6-14/h9,13-14H,3-8,10-12H2,1-2H3,(H,16,17). The molecule has 1 N–H and O–H groups in total. The van der Waals surface area contributed by atoms with Crippen molar-refractivity contribution in [3.63, 3.8) is 0 Å². The topological polar surface area (TPSA) is 33.1 Å². The summed E-state index contributed by atoms with van der Waals surface area (Å²) in [5, 5.41) is 3.43. The fraction of sp³-hybridized carbons (Fsp3) is 0.800. The highest BCUT2D eigenvalue weighted by Crippen LogP contribution is 2.21. The molecule has 0 bridgehead atoms. The molecule has 0 amide bonds. The Morgan fingerprint density at radius 3 is 2.89 bits per heavy atom. The van der Waals surface area contributed by atoms with E-state index in [1.165, 1.54) is 45.2 Å². The summed E-state index contributed by atoms with van der Waals surface area (Å²) in [5.74, 6) is 1.93. The maximum atomic E-state index is 4.41. The van der Waals surface area contributed by atoms with Crippen molar-refractivity contribution in [1.82, 2.24) is 14.5 Å². The van der Waals surface area contributed by atoms with Crippen molar-refractivity contribution in [2.24, 2.45) is 5.92 Å². The normalized spacial score (nSPS) is 17.8. The minimum atomic E-state index is 0.891. The molecule has 1 saturated heterocycles. The number of aromatic nitrogens is 2. The number of piperidine rings is 1. The molecule has 1 aliphatic rings. The van der Waals surface area contributed by atoms with Gasteiger partial charge in [0, 0.05) is 25.5 Å². The molecular weight excluding hydrogens is 236 g/mol. The van der Waals surface area contributed by atoms with Crippen LogP contribution in [0.5, 0.6) is 0 Å². The number of imidazole rings is 1. The summed E-state index contributed by atoms with van der Waals surface area (Å²) in [7, 11) is 2.22. The molecule has 0 radical (unpaired) electrons. The van der Waals surface area contributed by atoms with Crippen molar-refractivity contribution in [3.8, 4) is 0 Å². The fourth-order valence-corrected chi connectivity index (χ4v) is 2.71. The second kappa shape index (κ2) is 7.53. The lowest BCUT2D eigenvalue weighted by atomic mass is 9.94. The van der Waals surface area contributed by atoms with Gasteiger partial charge in [-0.25, -0.2) is 4.98 Å². The Bertz CT molecular complexity index is 353. The summed E-state index contributed by atoms with van der Waals surface area (Å²) in [4.78, 5) is 6.84. The van der Waals surface area contributed by atoms with Crippen molar-refractivity contribution in [2.45, 2.75) is 45.6 Å². The monoisotopic (exact) mass is 264 g/mol. The third-order valence-electron chi connectivity index (χ3n) is 4.15. The summed E-state index contributed by atoms with van der Waals surface area (Å²) < 4.78 is 2.27. The van der Waals surface area contributed by atoms with Gasteiger partial charge in [0.2, 0.25) is 5.95 Å². The van der Waals surface area contributed by atoms with E-state index in [1.807, 2.05) is 6.20 Å². The summed E-state index contributed by atoms with van der Waals surface area (Å²) >= 11 is 0. The molecule has 0 aromatic carbocycles. The van der Waals surface area contributed by atoms with Gasteiger partial charge in [0.05, 0.1) is 0 Å². The van der Waals surface area contributed by atoms with E-state index in [4.69, 9.17) is 0 Å². The molecule has 0 unspecified atom stereocenters. The van der Waals surface area contributed by atoms with Crippen molar-refractivity contribution < 1.29 is 0 Å². The molecule has 1 aliphatic heterocycles. The molecule has 19 heavy (non-hydrogen) atoms. The number of hydrogen-bond donors (Lipinski definition) is 1. The van der Waals surface area contributed by atoms with Crippen molar-refractivity contribution in [1.29, 1.82) is 0 Å². The first-order chi connectivity index (χ1) is 9.29. The van der Waals surface area contributed by atoms with Crippen molar-refractivity contribution in [2.75, 3.05) is 32.0 Å². The number of nitrogens with zero attached hydrogens (tertiary/aromatic N) is 3. The fourth-order valence-electron chi connectivity index (χ4n) is 2.71. The second-order valence-corrected chi connectivity index (χ2v) is 5.76. The zero-order valence-electron chi connectivity index (χ0n) is 12.4. The Hall–Kier alpha value is -1.03. The maximum Gasteiger partial charge on any atom is 0.202 e. The third-order valence-corrected chi connectivity index (χ3v) is 4.15. The lowest BCUT2D eigenvalue weighted by Crippen LogP contribution is -2.30. The number of likely N-dealkylation sites (tertiary alicyclic amines) is 1. The Kier molecular flexibility index (Phi) is 5.70. The van der Waals surface area contributed by atoms with Crippen LogP contribution in [0.15, 0.2) is 12.4 Å². The zero-order chi connectivity index (χ0) is 13.5. The van der Waals surface area contributed by atoms with E-state index in [-0.39, 0.29) is 0 Å². The average molecular weight is 264 g/mol. The highest BCUT2D eigenvalue weighted by Gasteiger charge is 2.16. The van der Waals surface area contributed by atoms with Crippen LogP contribution in [0.4, 0.5) is 5.95 Å². The number of rotatable bonds is 7. The van der Waals surface area contributed by atoms with Gasteiger partial charge in [0.1, 0.15) is 0 Å². The maximum absolute atomic E-state index is 4.41. The van der Waals surface area contributed by atoms with Crippen LogP contribution < -0.4 is 5.32 Å². The van der Waals surface area contributed by atoms with Crippen LogP contribution in [0, 0.1) is 5.92 Å². The minimum Gasteiger partial charge on any atom is -0.356 e. The molecule has 2 heterocycles. The first-order valence-electron chi connectivity index (χ1n) is 7.73. The Labute approximate surface area is 117 Å². The molecule has 2 rings (SSSR count). The van der Waals surface area contributed by atoms with Gasteiger partial charge in [0.25, 0.3) is 0 Å². The number of hydrogen-bond acceptors (Lipinski definition) is 3. The van der Waals surface area contributed by atoms with Gasteiger partial charge in [-0.2, -0.15) is 0 Å². The minimum absolute atomic E-state index is 0.891. The summed E-state index contributed by atoms with van der Waals surface area (Å²) in [5.41, 5.74) is 0. The molecule has 1 fully saturated rings. The molecule has 0 atom stereocenters. The zero-order valence-corrected chi connectivity index (χ0v) is 12.4. The van der Waals surface area contributed by atoms with Crippen LogP contribution in [0.3, 0.4) is 0 Å². The van der Waals surface area contributed by atoms with E-state index >= 15 is 0 Å². The average Bonchev–Trinajstić information content (AvgIpc) is 2.86. The van der Waals surface area contributed by atoms with E-state index < -0.39 is 0 Å². The van der Waals surface area contributed by atoms with Crippen LogP contribution >= 0.6 is 0 Å². The van der Waals surface area contributed by atoms with Gasteiger partial charge in [-0.3, -0.25) is 0 Å². The quantitative estimate of drug-likeness (QED) is 0.769. The van der Waals surface area contributed by atoms with Crippen LogP contribution in [-0.2, 0) is 6.54 Å². The smallest absolute Gasteiger partial charge is 0.202 e. The number of aryl methyl sites for hydroxylation is 1. The van der Waals surface area contributed by atoms with Crippen molar-refractivity contribution in [3.05, 3.63) is 12.4 Å². The van der Waals surface area contributed by atoms with Gasteiger partial charge >= 0.3 is 0 Å². The summed E-state index contributed by atoms with van der Waals surface area (Å²) in [6.45, 7) is 6.87. The third kappa shape index (κ3) is 4.53. The molecule has 0 aliphatic carbocycles. The number of nitrogens with one attached hydrogen (secondary N) is 1. The van der Waals surface area contributed by atoms with Crippen LogP contribution in [0.1, 0.15) is 39.0 Å². The number of unbranched alkanes of at least 4 members (excludes halogenated alkanes) is 1. The van der Waals surface area contributed by atoms with Gasteiger partial charge in [-0.15, -0.1) is 0 Å². The van der Waals surface area contributed by atoms with Crippen molar-refractivity contribution >= 4 is 5.95 Å². The van der Waals surface area contributed by atoms with Gasteiger partial charge in [-0.1, -0.05) is 13.3 Å². The second-order valence-electron chi connectivity index (χ2n) is 5.76. The summed E-state index contributed by atoms with van der Waals surface area (Å²) in [6, 6.07) is 0. The number of anilines is 1. The summed E-state index contributed by atoms with van der Waals surface area (Å²) in [6.07, 6.45) is 10.4. The van der Waals surface area contributed by atoms with Gasteiger partial charge in [-0.05, 0) is 51.7 Å². The molecule has 0 spiro atoms. The van der Waals surface area contributed by atoms with Crippen LogP contribution in [0.25, 0.3) is 0 Å². The Balaban J connectivity index is 1.74. The molecule has 1 aromatic rings. The van der Waals surface area contributed by atoms with Gasteiger partial charge < -0.3 is 14.8 Å². The molecule has 108 valence electrons. The van der Waals surface area contributed by atoms with E-state index in [9.17, 15) is 0 Å². The van der Waals surface area contributed by atoms with E-state index in [2.05, 4.69) is 39.9 Å². The first kappa shape index (κ1) is 14.4. The highest BCUT2D eigenvalue weighted by atomic mass is 15.2. The highest BCUT2D eigenvalue weighted by molar-refractivity contribution is 5.25. The Morgan fingerprint density at radius 2 is 2.16 bits per heavy atom. The van der Waals surface area contributed by atoms with Gasteiger partial charge in [0.15, 0.2) is 0 Å². The van der Waals surface area contributed by atoms with Crippen LogP contribution in [0.2, 0.25) is 0 Å².